The molecular formula is C16H20N4O3S3. The molecule has 0 spiro atoms. The van der Waals surface area contributed by atoms with Crippen molar-refractivity contribution >= 4 is 44.7 Å². The third-order valence-electron chi connectivity index (χ3n) is 4.07. The van der Waals surface area contributed by atoms with E-state index in [-0.39, 0.29) is 16.6 Å². The molecule has 0 unspecified atom stereocenters. The van der Waals surface area contributed by atoms with Crippen molar-refractivity contribution < 1.29 is 13.2 Å². The van der Waals surface area contributed by atoms with E-state index in [2.05, 4.69) is 15.5 Å². The van der Waals surface area contributed by atoms with E-state index in [0.717, 1.165) is 23.6 Å². The van der Waals surface area contributed by atoms with Gasteiger partial charge in [0.15, 0.2) is 4.34 Å². The third-order valence-corrected chi connectivity index (χ3v) is 7.97. The molecule has 140 valence electrons. The number of carbonyl (C=O) groups excluding carboxylic acids is 1. The van der Waals surface area contributed by atoms with E-state index in [4.69, 9.17) is 0 Å². The number of thioether (sulfide) groups is 1. The molecule has 2 heterocycles. The second-order valence-electron chi connectivity index (χ2n) is 5.99. The van der Waals surface area contributed by atoms with Crippen LogP contribution in [-0.2, 0) is 14.8 Å². The van der Waals surface area contributed by atoms with Crippen LogP contribution in [0.15, 0.2) is 32.9 Å². The lowest BCUT2D eigenvalue weighted by Crippen LogP contribution is -2.36. The van der Waals surface area contributed by atoms with Crippen molar-refractivity contribution in [3.63, 3.8) is 0 Å². The number of sulfonamides is 1. The van der Waals surface area contributed by atoms with Crippen LogP contribution >= 0.6 is 23.1 Å². The Kier molecular flexibility index (Phi) is 6.28. The van der Waals surface area contributed by atoms with Crippen molar-refractivity contribution in [2.24, 2.45) is 0 Å². The summed E-state index contributed by atoms with van der Waals surface area (Å²) in [6.07, 6.45) is 2.84. The lowest BCUT2D eigenvalue weighted by Gasteiger charge is -2.26. The molecule has 0 aliphatic carbocycles. The van der Waals surface area contributed by atoms with E-state index in [9.17, 15) is 13.2 Å². The number of aryl methyl sites for hydroxylation is 1. The van der Waals surface area contributed by atoms with Gasteiger partial charge in [-0.05, 0) is 37.5 Å². The number of aromatic nitrogens is 2. The van der Waals surface area contributed by atoms with Crippen LogP contribution in [-0.4, -0.2) is 47.7 Å². The summed E-state index contributed by atoms with van der Waals surface area (Å²) in [5.41, 5.74) is 2.77. The molecular weight excluding hydrogens is 392 g/mol. The number of hydrogen-bond donors (Lipinski definition) is 1. The van der Waals surface area contributed by atoms with Crippen LogP contribution in [0.25, 0.3) is 0 Å². The summed E-state index contributed by atoms with van der Waals surface area (Å²) in [5, 5.41) is 10.4. The Balaban J connectivity index is 1.71. The SMILES string of the molecule is Cc1ccc(NC(=O)CSc2nncs2)cc1S(=O)(=O)N1CCCCC1. The van der Waals surface area contributed by atoms with E-state index in [0.29, 0.717) is 24.3 Å². The second kappa shape index (κ2) is 8.47. The van der Waals surface area contributed by atoms with E-state index >= 15 is 0 Å². The lowest BCUT2D eigenvalue weighted by molar-refractivity contribution is -0.113. The summed E-state index contributed by atoms with van der Waals surface area (Å²) < 4.78 is 28.1. The molecule has 1 fully saturated rings. The Morgan fingerprint density at radius 2 is 2.08 bits per heavy atom. The van der Waals surface area contributed by atoms with Gasteiger partial charge in [0.05, 0.1) is 10.6 Å². The zero-order valence-corrected chi connectivity index (χ0v) is 16.8. The van der Waals surface area contributed by atoms with Gasteiger partial charge in [0.2, 0.25) is 15.9 Å². The Bertz CT molecular complexity index is 863. The number of piperidine rings is 1. The van der Waals surface area contributed by atoms with Gasteiger partial charge in [-0.1, -0.05) is 35.6 Å². The third kappa shape index (κ3) is 4.61. The van der Waals surface area contributed by atoms with Gasteiger partial charge >= 0.3 is 0 Å². The van der Waals surface area contributed by atoms with E-state index in [1.807, 2.05) is 0 Å². The van der Waals surface area contributed by atoms with Crippen LogP contribution in [0.3, 0.4) is 0 Å². The van der Waals surface area contributed by atoms with E-state index in [1.165, 1.54) is 27.4 Å². The highest BCUT2D eigenvalue weighted by molar-refractivity contribution is 8.01. The van der Waals surface area contributed by atoms with Gasteiger partial charge in [-0.25, -0.2) is 8.42 Å². The quantitative estimate of drug-likeness (QED) is 0.734. The van der Waals surface area contributed by atoms with E-state index < -0.39 is 10.0 Å². The first-order valence-electron chi connectivity index (χ1n) is 8.26. The minimum absolute atomic E-state index is 0.192. The van der Waals surface area contributed by atoms with Gasteiger partial charge in [0.1, 0.15) is 5.51 Å². The maximum atomic E-state index is 12.9. The van der Waals surface area contributed by atoms with Gasteiger partial charge in [0.25, 0.3) is 0 Å². The normalized spacial score (nSPS) is 15.7. The molecule has 1 aliphatic rings. The molecule has 0 bridgehead atoms. The molecule has 1 N–H and O–H groups in total. The number of nitrogens with one attached hydrogen (secondary N) is 1. The molecule has 1 aromatic carbocycles. The summed E-state index contributed by atoms with van der Waals surface area (Å²) in [7, 11) is -3.54. The number of nitrogens with zero attached hydrogens (tertiary/aromatic N) is 3. The molecule has 2 aromatic rings. The maximum Gasteiger partial charge on any atom is 0.243 e. The number of anilines is 1. The smallest absolute Gasteiger partial charge is 0.243 e. The van der Waals surface area contributed by atoms with Crippen LogP contribution in [0.1, 0.15) is 24.8 Å². The maximum absolute atomic E-state index is 12.9. The van der Waals surface area contributed by atoms with Crippen molar-refractivity contribution in [2.45, 2.75) is 35.4 Å². The van der Waals surface area contributed by atoms with Crippen LogP contribution < -0.4 is 5.32 Å². The fourth-order valence-electron chi connectivity index (χ4n) is 2.75. The van der Waals surface area contributed by atoms with Crippen LogP contribution in [0.2, 0.25) is 0 Å². The highest BCUT2D eigenvalue weighted by Gasteiger charge is 2.27. The minimum atomic E-state index is -3.54. The first-order valence-corrected chi connectivity index (χ1v) is 11.6. The average Bonchev–Trinajstić information content (AvgIpc) is 3.16. The molecule has 3 rings (SSSR count). The fourth-order valence-corrected chi connectivity index (χ4v) is 5.81. The van der Waals surface area contributed by atoms with Crippen molar-refractivity contribution in [1.29, 1.82) is 0 Å². The van der Waals surface area contributed by atoms with E-state index in [1.54, 1.807) is 30.6 Å². The monoisotopic (exact) mass is 412 g/mol. The molecule has 0 saturated carbocycles. The summed E-state index contributed by atoms with van der Waals surface area (Å²) in [6, 6.07) is 5.00. The number of carbonyl (C=O) groups is 1. The number of benzene rings is 1. The Hall–Kier alpha value is -1.49. The summed E-state index contributed by atoms with van der Waals surface area (Å²) in [6.45, 7) is 2.88. The van der Waals surface area contributed by atoms with Crippen molar-refractivity contribution in [1.82, 2.24) is 14.5 Å². The summed E-state index contributed by atoms with van der Waals surface area (Å²) in [5.74, 6) is -0.0209. The number of rotatable bonds is 6. The lowest BCUT2D eigenvalue weighted by atomic mass is 10.2. The standard InChI is InChI=1S/C16H20N4O3S3/c1-12-5-6-13(18-15(21)10-24-16-19-17-11-25-16)9-14(12)26(22,23)20-7-3-2-4-8-20/h5-6,9,11H,2-4,7-8,10H2,1H3,(H,18,21). The molecule has 7 nitrogen and oxygen atoms in total. The van der Waals surface area contributed by atoms with Crippen molar-refractivity contribution in [2.75, 3.05) is 24.2 Å². The topological polar surface area (TPSA) is 92.3 Å². The fraction of sp³-hybridized carbons (Fsp3) is 0.438. The summed E-state index contributed by atoms with van der Waals surface area (Å²) in [4.78, 5) is 12.4. The highest BCUT2D eigenvalue weighted by atomic mass is 32.2. The van der Waals surface area contributed by atoms with Gasteiger partial charge in [-0.3, -0.25) is 4.79 Å². The zero-order chi connectivity index (χ0) is 18.6. The second-order valence-corrected chi connectivity index (χ2v) is 9.95. The molecule has 26 heavy (non-hydrogen) atoms. The number of hydrogen-bond acceptors (Lipinski definition) is 7. The Morgan fingerprint density at radius 1 is 1.31 bits per heavy atom. The van der Waals surface area contributed by atoms with Crippen LogP contribution in [0, 0.1) is 6.92 Å². The van der Waals surface area contributed by atoms with Crippen LogP contribution in [0.5, 0.6) is 0 Å². The first-order chi connectivity index (χ1) is 12.5. The first kappa shape index (κ1) is 19.3. The summed E-state index contributed by atoms with van der Waals surface area (Å²) >= 11 is 2.67. The molecule has 1 saturated heterocycles. The van der Waals surface area contributed by atoms with Crippen molar-refractivity contribution in [3.8, 4) is 0 Å². The highest BCUT2D eigenvalue weighted by Crippen LogP contribution is 2.26. The van der Waals surface area contributed by atoms with Gasteiger partial charge in [0, 0.05) is 18.8 Å². The minimum Gasteiger partial charge on any atom is -0.325 e. The predicted octanol–water partition coefficient (Wildman–Crippen LogP) is 2.75. The molecule has 1 aliphatic heterocycles. The molecule has 0 atom stereocenters. The molecule has 10 heteroatoms. The van der Waals surface area contributed by atoms with Crippen molar-refractivity contribution in [3.05, 3.63) is 29.3 Å². The van der Waals surface area contributed by atoms with Crippen LogP contribution in [0.4, 0.5) is 5.69 Å². The molecule has 1 amide bonds. The Labute approximate surface area is 161 Å². The largest absolute Gasteiger partial charge is 0.325 e. The van der Waals surface area contributed by atoms with Gasteiger partial charge in [-0.15, -0.1) is 10.2 Å². The molecule has 0 radical (unpaired) electrons. The Morgan fingerprint density at radius 3 is 2.77 bits per heavy atom. The zero-order valence-electron chi connectivity index (χ0n) is 14.3. The number of amides is 1. The molecule has 1 aromatic heterocycles. The predicted molar refractivity (Wildman–Crippen MR) is 103 cm³/mol. The van der Waals surface area contributed by atoms with Gasteiger partial charge < -0.3 is 5.32 Å². The average molecular weight is 413 g/mol. The van der Waals surface area contributed by atoms with Gasteiger partial charge in [-0.2, -0.15) is 4.31 Å².